The topological polar surface area (TPSA) is 171 Å². The van der Waals surface area contributed by atoms with Gasteiger partial charge in [-0.1, -0.05) is 20.3 Å². The lowest BCUT2D eigenvalue weighted by atomic mass is 9.97. The molecule has 7 N–H and O–H groups in total. The number of carboxylic acid groups (broad SMARTS) is 1. The van der Waals surface area contributed by atoms with Gasteiger partial charge < -0.3 is 31.9 Å². The first-order valence-electron chi connectivity index (χ1n) is 8.20. The molecule has 0 bridgehead atoms. The lowest BCUT2D eigenvalue weighted by Gasteiger charge is -2.26. The Morgan fingerprint density at radius 1 is 1.04 bits per heavy atom. The van der Waals surface area contributed by atoms with Crippen molar-refractivity contribution >= 4 is 36.3 Å². The lowest BCUT2D eigenvalue weighted by molar-refractivity contribution is -0.142. The molecule has 0 aliphatic rings. The van der Waals surface area contributed by atoms with Gasteiger partial charge in [-0.25, -0.2) is 4.79 Å². The normalized spacial score (nSPS) is 16.5. The van der Waals surface area contributed by atoms with E-state index in [1.807, 2.05) is 6.92 Å². The summed E-state index contributed by atoms with van der Waals surface area (Å²) in [6.45, 7) is 4.37. The summed E-state index contributed by atoms with van der Waals surface area (Å²) in [5.74, 6) is -3.62. The first kappa shape index (κ1) is 24.1. The largest absolute Gasteiger partial charge is 0.480 e. The van der Waals surface area contributed by atoms with Gasteiger partial charge in [-0.2, -0.15) is 12.6 Å². The van der Waals surface area contributed by atoms with Crippen LogP contribution in [0.1, 0.15) is 27.2 Å². The molecule has 0 radical (unpaired) electrons. The Balaban J connectivity index is 5.04. The molecule has 0 spiro atoms. The monoisotopic (exact) mass is 392 g/mol. The Labute approximate surface area is 157 Å². The summed E-state index contributed by atoms with van der Waals surface area (Å²) in [4.78, 5) is 47.3. The molecule has 0 aromatic rings. The molecule has 5 unspecified atom stereocenters. The summed E-state index contributed by atoms with van der Waals surface area (Å²) >= 11 is 3.88. The predicted octanol–water partition coefficient (Wildman–Crippen LogP) is -2.16. The van der Waals surface area contributed by atoms with Crippen molar-refractivity contribution in [2.45, 2.75) is 51.4 Å². The van der Waals surface area contributed by atoms with Crippen LogP contribution in [0.15, 0.2) is 0 Å². The number of hydrogen-bond donors (Lipinski definition) is 7. The van der Waals surface area contributed by atoms with Crippen LogP contribution in [0.4, 0.5) is 0 Å². The van der Waals surface area contributed by atoms with E-state index in [1.54, 1.807) is 6.92 Å². The maximum absolute atomic E-state index is 12.4. The highest BCUT2D eigenvalue weighted by Crippen LogP contribution is 2.09. The van der Waals surface area contributed by atoms with Crippen LogP contribution < -0.4 is 21.7 Å². The highest BCUT2D eigenvalue weighted by atomic mass is 32.1. The second-order valence-electron chi connectivity index (χ2n) is 5.97. The van der Waals surface area contributed by atoms with E-state index >= 15 is 0 Å². The lowest BCUT2D eigenvalue weighted by Crippen LogP contribution is -2.58. The van der Waals surface area contributed by atoms with Gasteiger partial charge in [-0.05, 0) is 12.8 Å². The number of nitrogens with one attached hydrogen (secondary N) is 3. The summed E-state index contributed by atoms with van der Waals surface area (Å²) in [5.41, 5.74) is 5.36. The van der Waals surface area contributed by atoms with Gasteiger partial charge in [-0.15, -0.1) is 0 Å². The fraction of sp³-hybridized carbons (Fsp3) is 0.733. The van der Waals surface area contributed by atoms with E-state index in [9.17, 15) is 19.2 Å². The minimum atomic E-state index is -1.23. The minimum absolute atomic E-state index is 0.103. The van der Waals surface area contributed by atoms with Crippen LogP contribution in [-0.2, 0) is 19.2 Å². The van der Waals surface area contributed by atoms with E-state index in [0.29, 0.717) is 6.42 Å². The van der Waals surface area contributed by atoms with Crippen LogP contribution in [0.3, 0.4) is 0 Å². The Kier molecular flexibility index (Phi) is 10.9. The van der Waals surface area contributed by atoms with Gasteiger partial charge in [0.2, 0.25) is 17.7 Å². The molecular formula is C15H28N4O6S. The zero-order valence-corrected chi connectivity index (χ0v) is 16.0. The molecule has 0 aliphatic heterocycles. The summed E-state index contributed by atoms with van der Waals surface area (Å²) in [5, 5.41) is 25.0. The van der Waals surface area contributed by atoms with Crippen molar-refractivity contribution in [2.24, 2.45) is 11.7 Å². The number of aliphatic carboxylic acids is 1. The molecule has 0 aromatic carbocycles. The maximum Gasteiger partial charge on any atom is 0.327 e. The Bertz CT molecular complexity index is 518. The summed E-state index contributed by atoms with van der Waals surface area (Å²) in [6.07, 6.45) is 0.549. The first-order valence-corrected chi connectivity index (χ1v) is 8.83. The van der Waals surface area contributed by atoms with Gasteiger partial charge in [0.1, 0.15) is 24.2 Å². The predicted molar refractivity (Wildman–Crippen MR) is 97.5 cm³/mol. The fourth-order valence-electron chi connectivity index (χ4n) is 1.90. The summed E-state index contributed by atoms with van der Waals surface area (Å²) in [6, 6.07) is -4.33. The molecule has 0 fully saturated rings. The van der Waals surface area contributed by atoms with E-state index in [-0.39, 0.29) is 11.7 Å². The molecule has 0 heterocycles. The number of hydrogen-bond acceptors (Lipinski definition) is 7. The molecular weight excluding hydrogens is 364 g/mol. The zero-order valence-electron chi connectivity index (χ0n) is 15.1. The van der Waals surface area contributed by atoms with Crippen molar-refractivity contribution in [1.82, 2.24) is 16.0 Å². The third-order valence-electron chi connectivity index (χ3n) is 3.88. The molecule has 150 valence electrons. The quantitative estimate of drug-likeness (QED) is 0.196. The molecule has 0 saturated heterocycles. The van der Waals surface area contributed by atoms with Crippen LogP contribution >= 0.6 is 12.6 Å². The third-order valence-corrected chi connectivity index (χ3v) is 4.24. The Morgan fingerprint density at radius 2 is 1.62 bits per heavy atom. The van der Waals surface area contributed by atoms with Gasteiger partial charge in [0.05, 0.1) is 6.61 Å². The average molecular weight is 392 g/mol. The molecule has 0 aliphatic carbocycles. The molecule has 11 heteroatoms. The third kappa shape index (κ3) is 7.58. The first-order chi connectivity index (χ1) is 12.1. The average Bonchev–Trinajstić information content (AvgIpc) is 2.61. The molecule has 26 heavy (non-hydrogen) atoms. The Hall–Kier alpha value is -1.85. The second-order valence-corrected chi connectivity index (χ2v) is 6.34. The number of carbonyl (C=O) groups excluding carboxylic acids is 3. The number of carboxylic acids is 1. The fourth-order valence-corrected chi connectivity index (χ4v) is 2.14. The van der Waals surface area contributed by atoms with Gasteiger partial charge in [0, 0.05) is 5.75 Å². The number of aliphatic hydroxyl groups excluding tert-OH is 1. The minimum Gasteiger partial charge on any atom is -0.480 e. The van der Waals surface area contributed by atoms with Crippen molar-refractivity contribution in [3.05, 3.63) is 0 Å². The van der Waals surface area contributed by atoms with Gasteiger partial charge in [0.25, 0.3) is 0 Å². The Morgan fingerprint density at radius 3 is 2.04 bits per heavy atom. The van der Waals surface area contributed by atoms with Crippen LogP contribution in [-0.4, -0.2) is 70.4 Å². The molecule has 10 nitrogen and oxygen atoms in total. The summed E-state index contributed by atoms with van der Waals surface area (Å²) in [7, 11) is 0. The molecule has 0 rings (SSSR count). The van der Waals surface area contributed by atoms with E-state index in [2.05, 4.69) is 28.6 Å². The van der Waals surface area contributed by atoms with Crippen LogP contribution in [0.2, 0.25) is 0 Å². The number of amides is 3. The zero-order chi connectivity index (χ0) is 20.4. The van der Waals surface area contributed by atoms with Crippen molar-refractivity contribution in [3.8, 4) is 0 Å². The van der Waals surface area contributed by atoms with Crippen molar-refractivity contribution in [1.29, 1.82) is 0 Å². The van der Waals surface area contributed by atoms with Gasteiger partial charge >= 0.3 is 5.97 Å². The smallest absolute Gasteiger partial charge is 0.327 e. The number of nitrogens with two attached hydrogens (primary N) is 1. The van der Waals surface area contributed by atoms with Crippen molar-refractivity contribution in [3.63, 3.8) is 0 Å². The molecule has 5 atom stereocenters. The highest BCUT2D eigenvalue weighted by molar-refractivity contribution is 7.80. The van der Waals surface area contributed by atoms with Crippen molar-refractivity contribution in [2.75, 3.05) is 12.4 Å². The van der Waals surface area contributed by atoms with E-state index in [4.69, 9.17) is 15.9 Å². The van der Waals surface area contributed by atoms with Crippen LogP contribution in [0.5, 0.6) is 0 Å². The number of thiol groups is 1. The van der Waals surface area contributed by atoms with E-state index < -0.39 is 54.5 Å². The summed E-state index contributed by atoms with van der Waals surface area (Å²) < 4.78 is 0. The second kappa shape index (κ2) is 11.7. The van der Waals surface area contributed by atoms with Crippen molar-refractivity contribution < 1.29 is 29.4 Å². The number of carbonyl (C=O) groups is 4. The highest BCUT2D eigenvalue weighted by Gasteiger charge is 2.31. The van der Waals surface area contributed by atoms with Gasteiger partial charge in [0.15, 0.2) is 0 Å². The van der Waals surface area contributed by atoms with E-state index in [0.717, 1.165) is 0 Å². The van der Waals surface area contributed by atoms with Crippen LogP contribution in [0.25, 0.3) is 0 Å². The standard InChI is InChI=1S/C15H28N4O6S/c1-4-7(2)11(14(23)18-10(6-26)15(24)25)19-12(21)8(3)17-13(22)9(16)5-20/h7-11,20,26H,4-6,16H2,1-3H3,(H,17,22)(H,18,23)(H,19,21)(H,24,25). The van der Waals surface area contributed by atoms with Gasteiger partial charge in [-0.3, -0.25) is 14.4 Å². The maximum atomic E-state index is 12.4. The SMILES string of the molecule is CCC(C)C(NC(=O)C(C)NC(=O)C(N)CO)C(=O)NC(CS)C(=O)O. The molecule has 0 aromatic heterocycles. The van der Waals surface area contributed by atoms with Crippen LogP contribution in [0, 0.1) is 5.92 Å². The molecule has 3 amide bonds. The molecule has 0 saturated carbocycles. The number of aliphatic hydroxyl groups is 1. The van der Waals surface area contributed by atoms with E-state index in [1.165, 1.54) is 6.92 Å². The number of rotatable bonds is 11.